The maximum Gasteiger partial charge on any atom is 0.123 e. The van der Waals surface area contributed by atoms with Crippen molar-refractivity contribution in [3.63, 3.8) is 0 Å². The van der Waals surface area contributed by atoms with Crippen LogP contribution < -0.4 is 5.32 Å². The summed E-state index contributed by atoms with van der Waals surface area (Å²) in [5.74, 6) is -0.267. The monoisotopic (exact) mass is 261 g/mol. The molecule has 90 valence electrons. The van der Waals surface area contributed by atoms with Gasteiger partial charge < -0.3 is 5.32 Å². The molecular formula is C13H9ClFN3. The summed E-state index contributed by atoms with van der Waals surface area (Å²) in [6, 6.07) is 9.80. The second-order valence-electron chi connectivity index (χ2n) is 3.92. The fourth-order valence-electron chi connectivity index (χ4n) is 1.75. The van der Waals surface area contributed by atoms with Crippen LogP contribution in [0.15, 0.2) is 42.6 Å². The lowest BCUT2D eigenvalue weighted by Gasteiger charge is -2.08. The molecule has 2 aromatic carbocycles. The molecule has 0 radical (unpaired) electrons. The molecular weight excluding hydrogens is 253 g/mol. The van der Waals surface area contributed by atoms with E-state index in [0.717, 1.165) is 22.3 Å². The molecule has 5 heteroatoms. The molecule has 18 heavy (non-hydrogen) atoms. The van der Waals surface area contributed by atoms with Gasteiger partial charge in [0, 0.05) is 11.1 Å². The van der Waals surface area contributed by atoms with Crippen LogP contribution in [0.4, 0.5) is 15.8 Å². The Labute approximate surface area is 108 Å². The van der Waals surface area contributed by atoms with Crippen LogP contribution in [-0.2, 0) is 0 Å². The molecule has 0 aliphatic carbocycles. The molecule has 0 aliphatic rings. The van der Waals surface area contributed by atoms with Crippen LogP contribution in [0.5, 0.6) is 0 Å². The van der Waals surface area contributed by atoms with Gasteiger partial charge in [-0.2, -0.15) is 5.10 Å². The molecule has 3 aromatic rings. The average molecular weight is 262 g/mol. The summed E-state index contributed by atoms with van der Waals surface area (Å²) in [7, 11) is 0. The summed E-state index contributed by atoms with van der Waals surface area (Å²) in [6.07, 6.45) is 1.72. The molecule has 0 saturated carbocycles. The molecule has 2 N–H and O–H groups in total. The van der Waals surface area contributed by atoms with Crippen molar-refractivity contribution in [3.05, 3.63) is 53.4 Å². The summed E-state index contributed by atoms with van der Waals surface area (Å²) < 4.78 is 12.8. The number of nitrogens with one attached hydrogen (secondary N) is 2. The van der Waals surface area contributed by atoms with Gasteiger partial charge in [0.25, 0.3) is 0 Å². The Hall–Kier alpha value is -2.07. The number of rotatable bonds is 2. The first-order valence-electron chi connectivity index (χ1n) is 5.37. The quantitative estimate of drug-likeness (QED) is 0.729. The number of anilines is 2. The van der Waals surface area contributed by atoms with Gasteiger partial charge in [0.15, 0.2) is 0 Å². The van der Waals surface area contributed by atoms with Crippen LogP contribution >= 0.6 is 11.6 Å². The Morgan fingerprint density at radius 3 is 2.72 bits per heavy atom. The smallest absolute Gasteiger partial charge is 0.123 e. The summed E-state index contributed by atoms with van der Waals surface area (Å²) >= 11 is 6.16. The highest BCUT2D eigenvalue weighted by molar-refractivity contribution is 6.34. The second-order valence-corrected chi connectivity index (χ2v) is 4.33. The molecule has 0 spiro atoms. The molecule has 1 heterocycles. The van der Waals surface area contributed by atoms with Gasteiger partial charge in [-0.05, 0) is 36.4 Å². The number of hydrogen-bond acceptors (Lipinski definition) is 2. The minimum Gasteiger partial charge on any atom is -0.354 e. The fourth-order valence-corrected chi connectivity index (χ4v) is 1.96. The molecule has 1 aromatic heterocycles. The summed E-state index contributed by atoms with van der Waals surface area (Å²) in [5, 5.41) is 11.5. The van der Waals surface area contributed by atoms with Crippen molar-refractivity contribution >= 4 is 33.9 Å². The third kappa shape index (κ3) is 2.02. The van der Waals surface area contributed by atoms with Crippen LogP contribution in [0.1, 0.15) is 0 Å². The Kier molecular flexibility index (Phi) is 2.64. The number of H-pyrrole nitrogens is 1. The maximum atomic E-state index is 12.8. The van der Waals surface area contributed by atoms with Gasteiger partial charge in [-0.3, -0.25) is 5.10 Å². The largest absolute Gasteiger partial charge is 0.354 e. The highest BCUT2D eigenvalue weighted by Gasteiger charge is 2.05. The zero-order chi connectivity index (χ0) is 12.5. The van der Waals surface area contributed by atoms with Crippen LogP contribution in [0.25, 0.3) is 10.9 Å². The van der Waals surface area contributed by atoms with E-state index in [1.165, 1.54) is 12.1 Å². The third-order valence-corrected chi connectivity index (χ3v) is 2.96. The average Bonchev–Trinajstić information content (AvgIpc) is 2.79. The van der Waals surface area contributed by atoms with E-state index >= 15 is 0 Å². The number of fused-ring (bicyclic) bond motifs is 1. The highest BCUT2D eigenvalue weighted by atomic mass is 35.5. The van der Waals surface area contributed by atoms with E-state index in [-0.39, 0.29) is 5.82 Å². The second kappa shape index (κ2) is 4.31. The lowest BCUT2D eigenvalue weighted by molar-refractivity contribution is 0.628. The number of hydrogen-bond donors (Lipinski definition) is 2. The SMILES string of the molecule is Fc1ccc(Nc2cc3cn[nH]c3cc2Cl)cc1. The molecule has 0 fully saturated rings. The molecule has 3 nitrogen and oxygen atoms in total. The molecule has 0 unspecified atom stereocenters. The minimum absolute atomic E-state index is 0.267. The van der Waals surface area contributed by atoms with Crippen LogP contribution in [-0.4, -0.2) is 10.2 Å². The van der Waals surface area contributed by atoms with E-state index in [1.807, 2.05) is 6.07 Å². The zero-order valence-corrected chi connectivity index (χ0v) is 10.0. The van der Waals surface area contributed by atoms with Crippen molar-refractivity contribution < 1.29 is 4.39 Å². The number of benzene rings is 2. The van der Waals surface area contributed by atoms with Crippen molar-refractivity contribution in [1.82, 2.24) is 10.2 Å². The first kappa shape index (κ1) is 11.0. The van der Waals surface area contributed by atoms with Gasteiger partial charge in [-0.1, -0.05) is 11.6 Å². The number of aromatic amines is 1. The lowest BCUT2D eigenvalue weighted by Crippen LogP contribution is -1.91. The van der Waals surface area contributed by atoms with Gasteiger partial charge in [0.05, 0.1) is 22.4 Å². The van der Waals surface area contributed by atoms with Crippen molar-refractivity contribution in [2.45, 2.75) is 0 Å². The minimum atomic E-state index is -0.267. The van der Waals surface area contributed by atoms with E-state index in [2.05, 4.69) is 15.5 Å². The molecule has 0 amide bonds. The van der Waals surface area contributed by atoms with Crippen molar-refractivity contribution in [2.24, 2.45) is 0 Å². The van der Waals surface area contributed by atoms with Gasteiger partial charge in [0.1, 0.15) is 5.82 Å². The van der Waals surface area contributed by atoms with E-state index < -0.39 is 0 Å². The van der Waals surface area contributed by atoms with Gasteiger partial charge >= 0.3 is 0 Å². The number of halogens is 2. The maximum absolute atomic E-state index is 12.8. The van der Waals surface area contributed by atoms with E-state index in [9.17, 15) is 4.39 Å². The molecule has 0 saturated heterocycles. The fraction of sp³-hybridized carbons (Fsp3) is 0. The first-order chi connectivity index (χ1) is 8.72. The topological polar surface area (TPSA) is 40.7 Å². The zero-order valence-electron chi connectivity index (χ0n) is 9.24. The number of nitrogens with zero attached hydrogens (tertiary/aromatic N) is 1. The Balaban J connectivity index is 1.98. The highest BCUT2D eigenvalue weighted by Crippen LogP contribution is 2.29. The summed E-state index contributed by atoms with van der Waals surface area (Å²) in [6.45, 7) is 0. The molecule has 3 rings (SSSR count). The Bertz CT molecular complexity index is 691. The van der Waals surface area contributed by atoms with E-state index in [1.54, 1.807) is 24.4 Å². The predicted molar refractivity (Wildman–Crippen MR) is 70.8 cm³/mol. The predicted octanol–water partition coefficient (Wildman–Crippen LogP) is 4.10. The Morgan fingerprint density at radius 1 is 1.17 bits per heavy atom. The molecule has 0 bridgehead atoms. The lowest BCUT2D eigenvalue weighted by atomic mass is 10.2. The normalized spacial score (nSPS) is 10.8. The first-order valence-corrected chi connectivity index (χ1v) is 5.75. The standard InChI is InChI=1S/C13H9ClFN3/c14-11-6-12-8(7-16-18-12)5-13(11)17-10-3-1-9(15)2-4-10/h1-7,17H,(H,16,18). The summed E-state index contributed by atoms with van der Waals surface area (Å²) in [5.41, 5.74) is 2.42. The Morgan fingerprint density at radius 2 is 1.94 bits per heavy atom. The number of aromatic nitrogens is 2. The van der Waals surface area contributed by atoms with Gasteiger partial charge in [-0.25, -0.2) is 4.39 Å². The third-order valence-electron chi connectivity index (χ3n) is 2.65. The van der Waals surface area contributed by atoms with Crippen molar-refractivity contribution in [1.29, 1.82) is 0 Å². The molecule has 0 aliphatic heterocycles. The van der Waals surface area contributed by atoms with Crippen molar-refractivity contribution in [3.8, 4) is 0 Å². The van der Waals surface area contributed by atoms with E-state index in [0.29, 0.717) is 5.02 Å². The van der Waals surface area contributed by atoms with Crippen LogP contribution in [0.2, 0.25) is 5.02 Å². The van der Waals surface area contributed by atoms with Crippen molar-refractivity contribution in [2.75, 3.05) is 5.32 Å². The molecule has 0 atom stereocenters. The summed E-state index contributed by atoms with van der Waals surface area (Å²) in [4.78, 5) is 0. The van der Waals surface area contributed by atoms with E-state index in [4.69, 9.17) is 11.6 Å². The van der Waals surface area contributed by atoms with Crippen LogP contribution in [0, 0.1) is 5.82 Å². The van der Waals surface area contributed by atoms with Crippen LogP contribution in [0.3, 0.4) is 0 Å². The van der Waals surface area contributed by atoms with Gasteiger partial charge in [0.2, 0.25) is 0 Å². The van der Waals surface area contributed by atoms with Gasteiger partial charge in [-0.15, -0.1) is 0 Å².